The van der Waals surface area contributed by atoms with Gasteiger partial charge in [0.15, 0.2) is 0 Å². The number of hydrogen-bond acceptors (Lipinski definition) is 1. The van der Waals surface area contributed by atoms with Gasteiger partial charge in [-0.1, -0.05) is 30.3 Å². The van der Waals surface area contributed by atoms with Crippen molar-refractivity contribution in [3.8, 4) is 0 Å². The molecule has 4 fully saturated rings. The summed E-state index contributed by atoms with van der Waals surface area (Å²) in [6.07, 6.45) is 1.82. The summed E-state index contributed by atoms with van der Waals surface area (Å²) >= 11 is 0. The second kappa shape index (κ2) is 5.02. The number of alkyl halides is 2. The fourth-order valence-corrected chi connectivity index (χ4v) is 6.29. The molecule has 5 rings (SSSR count). The van der Waals surface area contributed by atoms with Crippen molar-refractivity contribution < 1.29 is 13.6 Å². The number of carbonyl (C=O) groups is 1. The molecule has 4 aliphatic rings. The third kappa shape index (κ3) is 2.06. The molecule has 4 bridgehead atoms. The molecule has 4 heteroatoms. The fourth-order valence-electron chi connectivity index (χ4n) is 6.29. The highest BCUT2D eigenvalue weighted by Gasteiger charge is 2.69. The molecule has 1 amide bonds. The molecule has 1 aromatic carbocycles. The van der Waals surface area contributed by atoms with Crippen LogP contribution in [0.2, 0.25) is 0 Å². The molecule has 2 N–H and O–H groups in total. The summed E-state index contributed by atoms with van der Waals surface area (Å²) in [5.41, 5.74) is 6.70. The number of amides is 1. The Labute approximate surface area is 135 Å². The summed E-state index contributed by atoms with van der Waals surface area (Å²) in [5.74, 6) is 0.604. The zero-order chi connectivity index (χ0) is 16.2. The molecular weight excluding hydrogens is 296 g/mol. The summed E-state index contributed by atoms with van der Waals surface area (Å²) in [5, 5.41) is 0. The van der Waals surface area contributed by atoms with Crippen molar-refractivity contribution in [1.82, 2.24) is 0 Å². The van der Waals surface area contributed by atoms with Crippen LogP contribution in [0.5, 0.6) is 0 Å². The van der Waals surface area contributed by atoms with Crippen molar-refractivity contribution in [1.29, 1.82) is 0 Å². The first-order valence-corrected chi connectivity index (χ1v) is 8.60. The molecular formula is C19H23F2NO. The Morgan fingerprint density at radius 3 is 2.61 bits per heavy atom. The molecule has 124 valence electrons. The van der Waals surface area contributed by atoms with E-state index in [9.17, 15) is 13.6 Å². The Kier molecular flexibility index (Phi) is 3.30. The van der Waals surface area contributed by atoms with Crippen molar-refractivity contribution in [2.24, 2.45) is 28.9 Å². The van der Waals surface area contributed by atoms with Gasteiger partial charge in [-0.05, 0) is 60.8 Å². The van der Waals surface area contributed by atoms with Gasteiger partial charge in [-0.15, -0.1) is 0 Å². The van der Waals surface area contributed by atoms with E-state index in [0.717, 1.165) is 25.7 Å². The lowest BCUT2D eigenvalue weighted by atomic mass is 9.61. The number of nitrogens with two attached hydrogens (primary N) is 1. The van der Waals surface area contributed by atoms with Crippen LogP contribution in [0.25, 0.3) is 0 Å². The van der Waals surface area contributed by atoms with E-state index in [1.807, 2.05) is 18.2 Å². The van der Waals surface area contributed by atoms with Gasteiger partial charge in [0.1, 0.15) is 0 Å². The lowest BCUT2D eigenvalue weighted by Gasteiger charge is -2.43. The fraction of sp³-hybridized carbons (Fsp3) is 0.632. The Balaban J connectivity index is 1.68. The number of primary amides is 1. The van der Waals surface area contributed by atoms with Crippen LogP contribution in [0, 0.1) is 23.2 Å². The number of halogens is 2. The highest BCUT2D eigenvalue weighted by Crippen LogP contribution is 2.73. The average molecular weight is 319 g/mol. The van der Waals surface area contributed by atoms with E-state index < -0.39 is 11.8 Å². The molecule has 4 aliphatic carbocycles. The van der Waals surface area contributed by atoms with Crippen LogP contribution in [-0.4, -0.2) is 12.3 Å². The van der Waals surface area contributed by atoms with E-state index in [-0.39, 0.29) is 29.6 Å². The summed E-state index contributed by atoms with van der Waals surface area (Å²) in [6, 6.07) is 10.4. The number of rotatable bonds is 5. The van der Waals surface area contributed by atoms with Crippen LogP contribution in [0.15, 0.2) is 30.3 Å². The van der Waals surface area contributed by atoms with Gasteiger partial charge < -0.3 is 5.73 Å². The van der Waals surface area contributed by atoms with Gasteiger partial charge in [-0.3, -0.25) is 4.79 Å². The predicted octanol–water partition coefficient (Wildman–Crippen LogP) is 3.89. The highest BCUT2D eigenvalue weighted by atomic mass is 19.3. The third-order valence-electron chi connectivity index (χ3n) is 6.97. The van der Waals surface area contributed by atoms with Crippen LogP contribution in [0.3, 0.4) is 0 Å². The molecule has 1 aromatic rings. The molecule has 0 aliphatic heterocycles. The molecule has 5 unspecified atom stereocenters. The molecule has 23 heavy (non-hydrogen) atoms. The second-order valence-corrected chi connectivity index (χ2v) is 7.95. The van der Waals surface area contributed by atoms with E-state index in [0.29, 0.717) is 12.3 Å². The normalized spacial score (nSPS) is 40.9. The van der Waals surface area contributed by atoms with Gasteiger partial charge in [0, 0.05) is 6.42 Å². The Morgan fingerprint density at radius 2 is 1.96 bits per heavy atom. The number of hydrogen-bond donors (Lipinski definition) is 1. The molecule has 0 radical (unpaired) electrons. The second-order valence-electron chi connectivity index (χ2n) is 7.95. The number of carbonyl (C=O) groups excluding carboxylic acids is 1. The average Bonchev–Trinajstić information content (AvgIpc) is 2.90. The molecule has 4 saturated carbocycles. The first-order valence-electron chi connectivity index (χ1n) is 8.60. The maximum absolute atomic E-state index is 12.7. The van der Waals surface area contributed by atoms with Gasteiger partial charge in [0.25, 0.3) is 0 Å². The van der Waals surface area contributed by atoms with Gasteiger partial charge >= 0.3 is 0 Å². The first-order chi connectivity index (χ1) is 11.0. The first kappa shape index (κ1) is 15.1. The van der Waals surface area contributed by atoms with E-state index in [1.165, 1.54) is 5.56 Å². The van der Waals surface area contributed by atoms with Gasteiger partial charge in [0.05, 0.1) is 5.41 Å². The SMILES string of the molecule is NC(=O)C12CC3CC(c4ccccc4)(CC1C3CCC(F)F)C2. The zero-order valence-corrected chi connectivity index (χ0v) is 13.2. The summed E-state index contributed by atoms with van der Waals surface area (Å²) in [4.78, 5) is 12.3. The highest BCUT2D eigenvalue weighted by molar-refractivity contribution is 5.83. The topological polar surface area (TPSA) is 43.1 Å². The molecule has 0 spiro atoms. The van der Waals surface area contributed by atoms with Crippen molar-refractivity contribution in [3.05, 3.63) is 35.9 Å². The minimum absolute atomic E-state index is 0.0329. The standard InChI is InChI=1S/C19H23F2NO/c20-16(21)7-6-14-12-8-18(13-4-2-1-3-5-13)10-15(14)19(9-12,11-18)17(22)23/h1-5,12,14-16H,6-11H2,(H2,22,23). The molecule has 0 saturated heterocycles. The zero-order valence-electron chi connectivity index (χ0n) is 13.2. The Morgan fingerprint density at radius 1 is 1.22 bits per heavy atom. The van der Waals surface area contributed by atoms with Gasteiger partial charge in [0.2, 0.25) is 12.3 Å². The van der Waals surface area contributed by atoms with Gasteiger partial charge in [-0.25, -0.2) is 8.78 Å². The van der Waals surface area contributed by atoms with Crippen LogP contribution in [0.4, 0.5) is 8.78 Å². The Bertz CT molecular complexity index is 619. The van der Waals surface area contributed by atoms with Gasteiger partial charge in [-0.2, -0.15) is 0 Å². The molecule has 0 aromatic heterocycles. The predicted molar refractivity (Wildman–Crippen MR) is 83.9 cm³/mol. The van der Waals surface area contributed by atoms with Crippen LogP contribution >= 0.6 is 0 Å². The minimum Gasteiger partial charge on any atom is -0.369 e. The molecule has 0 heterocycles. The smallest absolute Gasteiger partial charge is 0.238 e. The lowest BCUT2D eigenvalue weighted by molar-refractivity contribution is -0.129. The lowest BCUT2D eigenvalue weighted by Crippen LogP contribution is -2.41. The quantitative estimate of drug-likeness (QED) is 0.879. The summed E-state index contributed by atoms with van der Waals surface area (Å²) in [7, 11) is 0. The van der Waals surface area contributed by atoms with Crippen molar-refractivity contribution >= 4 is 5.91 Å². The maximum Gasteiger partial charge on any atom is 0.238 e. The molecule has 2 nitrogen and oxygen atoms in total. The minimum atomic E-state index is -2.25. The van der Waals surface area contributed by atoms with Crippen molar-refractivity contribution in [2.75, 3.05) is 0 Å². The molecule has 5 atom stereocenters. The Hall–Kier alpha value is -1.45. The van der Waals surface area contributed by atoms with Crippen LogP contribution in [-0.2, 0) is 10.2 Å². The van der Waals surface area contributed by atoms with E-state index >= 15 is 0 Å². The third-order valence-corrected chi connectivity index (χ3v) is 6.97. The van der Waals surface area contributed by atoms with Crippen LogP contribution < -0.4 is 5.73 Å². The van der Waals surface area contributed by atoms with E-state index in [1.54, 1.807) is 0 Å². The van der Waals surface area contributed by atoms with Crippen molar-refractivity contribution in [2.45, 2.75) is 50.4 Å². The maximum atomic E-state index is 12.7. The largest absolute Gasteiger partial charge is 0.369 e. The van der Waals surface area contributed by atoms with Crippen molar-refractivity contribution in [3.63, 3.8) is 0 Å². The van der Waals surface area contributed by atoms with E-state index in [4.69, 9.17) is 5.73 Å². The summed E-state index contributed by atoms with van der Waals surface area (Å²) in [6.45, 7) is 0. The summed E-state index contributed by atoms with van der Waals surface area (Å²) < 4.78 is 25.3. The number of benzene rings is 1. The van der Waals surface area contributed by atoms with Crippen LogP contribution in [0.1, 0.15) is 44.1 Å². The monoisotopic (exact) mass is 319 g/mol. The van der Waals surface area contributed by atoms with E-state index in [2.05, 4.69) is 12.1 Å².